The van der Waals surface area contributed by atoms with E-state index in [1.54, 1.807) is 6.33 Å². The molecule has 0 aliphatic rings. The van der Waals surface area contributed by atoms with Crippen LogP contribution in [0.3, 0.4) is 0 Å². The van der Waals surface area contributed by atoms with E-state index in [0.29, 0.717) is 11.8 Å². The zero-order valence-electron chi connectivity index (χ0n) is 18.2. The van der Waals surface area contributed by atoms with E-state index in [9.17, 15) is 0 Å². The smallest absolute Gasteiger partial charge is 0.272 e. The summed E-state index contributed by atoms with van der Waals surface area (Å²) in [5.74, 6) is 3.53. The number of aryl methyl sites for hydroxylation is 3. The molecule has 0 aromatic carbocycles. The van der Waals surface area contributed by atoms with Crippen molar-refractivity contribution in [2.75, 3.05) is 0 Å². The second-order valence-electron chi connectivity index (χ2n) is 8.47. The molecule has 28 heavy (non-hydrogen) atoms. The summed E-state index contributed by atoms with van der Waals surface area (Å²) in [6, 6.07) is 0. The molecule has 0 aliphatic carbocycles. The number of rotatable bonds is 7. The quantitative estimate of drug-likeness (QED) is 0.576. The first kappa shape index (κ1) is 20.2. The Balaban J connectivity index is 1.81. The van der Waals surface area contributed by atoms with Gasteiger partial charge in [0.15, 0.2) is 0 Å². The molecule has 0 saturated heterocycles. The van der Waals surface area contributed by atoms with Gasteiger partial charge < -0.3 is 9.13 Å². The predicted octanol–water partition coefficient (Wildman–Crippen LogP) is 1.61. The standard InChI is InChI=1S/C19H32N9/c1-13(2)15-11-26(7)28(24-15)19(4,5)18-23-21-16(27(18)8)10-9-14(3)17-22-20-12-25(17)6/h11-14H,9-10H2,1-8H3/q+1. The van der Waals surface area contributed by atoms with E-state index in [0.717, 1.165) is 36.0 Å². The first-order valence-electron chi connectivity index (χ1n) is 9.81. The fourth-order valence-corrected chi connectivity index (χ4v) is 3.65. The van der Waals surface area contributed by atoms with Crippen LogP contribution in [0.15, 0.2) is 12.5 Å². The summed E-state index contributed by atoms with van der Waals surface area (Å²) in [6.45, 7) is 10.7. The molecule has 3 aromatic rings. The molecule has 0 saturated carbocycles. The third-order valence-electron chi connectivity index (χ3n) is 5.42. The number of nitrogens with zero attached hydrogens (tertiary/aromatic N) is 9. The summed E-state index contributed by atoms with van der Waals surface area (Å²) in [4.78, 5) is 1.98. The van der Waals surface area contributed by atoms with E-state index in [-0.39, 0.29) is 0 Å². The van der Waals surface area contributed by atoms with Crippen molar-refractivity contribution in [3.8, 4) is 0 Å². The number of hydrogen-bond acceptors (Lipinski definition) is 5. The van der Waals surface area contributed by atoms with Crippen LogP contribution in [-0.4, -0.2) is 39.3 Å². The molecule has 0 N–H and O–H groups in total. The van der Waals surface area contributed by atoms with Gasteiger partial charge in [-0.2, -0.15) is 0 Å². The molecule has 0 fully saturated rings. The number of aromatic nitrogens is 9. The zero-order valence-corrected chi connectivity index (χ0v) is 18.2. The van der Waals surface area contributed by atoms with E-state index < -0.39 is 5.54 Å². The highest BCUT2D eigenvalue weighted by Gasteiger charge is 2.42. The van der Waals surface area contributed by atoms with Crippen molar-refractivity contribution in [3.05, 3.63) is 35.7 Å². The van der Waals surface area contributed by atoms with E-state index in [4.69, 9.17) is 5.10 Å². The van der Waals surface area contributed by atoms with Gasteiger partial charge in [-0.3, -0.25) is 0 Å². The van der Waals surface area contributed by atoms with Gasteiger partial charge in [-0.15, -0.1) is 25.1 Å². The molecule has 0 spiro atoms. The van der Waals surface area contributed by atoms with Crippen LogP contribution >= 0.6 is 0 Å². The molecule has 0 radical (unpaired) electrons. The minimum atomic E-state index is -0.420. The third kappa shape index (κ3) is 3.57. The fraction of sp³-hybridized carbons (Fsp3) is 0.684. The lowest BCUT2D eigenvalue weighted by Gasteiger charge is -2.16. The van der Waals surface area contributed by atoms with E-state index in [2.05, 4.69) is 65.8 Å². The molecule has 1 unspecified atom stereocenters. The molecular weight excluding hydrogens is 354 g/mol. The SMILES string of the molecule is CC(C)c1cn(C)[n+](C(C)(C)c2nnc(CCC(C)c3nncn3C)n2C)n1. The summed E-state index contributed by atoms with van der Waals surface area (Å²) < 4.78 is 6.10. The summed E-state index contributed by atoms with van der Waals surface area (Å²) in [7, 11) is 6.02. The Bertz CT molecular complexity index is 945. The monoisotopic (exact) mass is 386 g/mol. The Morgan fingerprint density at radius 2 is 1.79 bits per heavy atom. The van der Waals surface area contributed by atoms with E-state index in [1.165, 1.54) is 0 Å². The van der Waals surface area contributed by atoms with E-state index in [1.807, 2.05) is 35.2 Å². The predicted molar refractivity (Wildman–Crippen MR) is 105 cm³/mol. The normalized spacial score (nSPS) is 13.5. The van der Waals surface area contributed by atoms with Crippen molar-refractivity contribution < 1.29 is 4.80 Å². The minimum absolute atomic E-state index is 0.304. The van der Waals surface area contributed by atoms with E-state index >= 15 is 0 Å². The van der Waals surface area contributed by atoms with Gasteiger partial charge in [0.1, 0.15) is 23.7 Å². The van der Waals surface area contributed by atoms with Crippen molar-refractivity contribution in [1.82, 2.24) is 39.3 Å². The summed E-state index contributed by atoms with van der Waals surface area (Å²) >= 11 is 0. The first-order valence-corrected chi connectivity index (χ1v) is 9.81. The zero-order chi connectivity index (χ0) is 20.6. The van der Waals surface area contributed by atoms with Gasteiger partial charge in [-0.25, -0.2) is 0 Å². The Hall–Kier alpha value is -2.58. The van der Waals surface area contributed by atoms with Crippen LogP contribution in [0.4, 0.5) is 0 Å². The van der Waals surface area contributed by atoms with Crippen molar-refractivity contribution in [2.45, 2.75) is 64.8 Å². The van der Waals surface area contributed by atoms with Gasteiger partial charge in [-0.05, 0) is 6.42 Å². The number of hydrogen-bond donors (Lipinski definition) is 0. The molecule has 152 valence electrons. The topological polar surface area (TPSA) is 83.1 Å². The maximum Gasteiger partial charge on any atom is 0.272 e. The Kier molecular flexibility index (Phi) is 5.36. The Morgan fingerprint density at radius 1 is 1.07 bits per heavy atom. The molecule has 3 rings (SSSR count). The Labute approximate surface area is 166 Å². The largest absolute Gasteiger partial charge is 0.321 e. The van der Waals surface area contributed by atoms with Crippen LogP contribution < -0.4 is 4.80 Å². The highest BCUT2D eigenvalue weighted by molar-refractivity contribution is 5.04. The maximum atomic E-state index is 4.81. The van der Waals surface area contributed by atoms with Gasteiger partial charge in [0, 0.05) is 56.1 Å². The molecule has 9 heteroatoms. The van der Waals surface area contributed by atoms with Gasteiger partial charge in [-0.1, -0.05) is 20.8 Å². The van der Waals surface area contributed by atoms with Gasteiger partial charge >= 0.3 is 0 Å². The van der Waals surface area contributed by atoms with Crippen LogP contribution in [0.25, 0.3) is 0 Å². The average molecular weight is 387 g/mol. The Morgan fingerprint density at radius 3 is 2.36 bits per heavy atom. The molecule has 1 atom stereocenters. The van der Waals surface area contributed by atoms with Crippen molar-refractivity contribution in [2.24, 2.45) is 21.1 Å². The second-order valence-corrected chi connectivity index (χ2v) is 8.47. The van der Waals surface area contributed by atoms with Crippen molar-refractivity contribution in [1.29, 1.82) is 0 Å². The third-order valence-corrected chi connectivity index (χ3v) is 5.42. The first-order chi connectivity index (χ1) is 13.1. The highest BCUT2D eigenvalue weighted by Crippen LogP contribution is 2.22. The van der Waals surface area contributed by atoms with Crippen LogP contribution in [-0.2, 0) is 33.1 Å². The average Bonchev–Trinajstić information content (AvgIpc) is 3.32. The van der Waals surface area contributed by atoms with Crippen LogP contribution in [0, 0.1) is 0 Å². The highest BCUT2D eigenvalue weighted by atomic mass is 15.6. The van der Waals surface area contributed by atoms with Gasteiger partial charge in [0.2, 0.25) is 5.82 Å². The molecule has 9 nitrogen and oxygen atoms in total. The molecule has 3 heterocycles. The minimum Gasteiger partial charge on any atom is -0.321 e. The van der Waals surface area contributed by atoms with Gasteiger partial charge in [0.25, 0.3) is 5.54 Å². The molecule has 0 bridgehead atoms. The van der Waals surface area contributed by atoms with Crippen molar-refractivity contribution in [3.63, 3.8) is 0 Å². The molecule has 0 aliphatic heterocycles. The summed E-state index contributed by atoms with van der Waals surface area (Å²) in [5, 5.41) is 22.0. The van der Waals surface area contributed by atoms with Gasteiger partial charge in [0.05, 0.1) is 13.2 Å². The second kappa shape index (κ2) is 7.44. The lowest BCUT2D eigenvalue weighted by Crippen LogP contribution is -2.61. The summed E-state index contributed by atoms with van der Waals surface area (Å²) in [6.07, 6.45) is 5.58. The lowest BCUT2D eigenvalue weighted by molar-refractivity contribution is -0.866. The van der Waals surface area contributed by atoms with Crippen molar-refractivity contribution >= 4 is 0 Å². The molecular formula is C19H32N9+. The van der Waals surface area contributed by atoms with Crippen LogP contribution in [0.5, 0.6) is 0 Å². The van der Waals surface area contributed by atoms with Crippen LogP contribution in [0.1, 0.15) is 76.0 Å². The summed E-state index contributed by atoms with van der Waals surface area (Å²) in [5.41, 5.74) is 0.646. The lowest BCUT2D eigenvalue weighted by atomic mass is 10.0. The van der Waals surface area contributed by atoms with Crippen LogP contribution in [0.2, 0.25) is 0 Å². The molecule has 3 aromatic heterocycles. The maximum absolute atomic E-state index is 4.81. The fourth-order valence-electron chi connectivity index (χ4n) is 3.65. The molecule has 0 amide bonds.